The summed E-state index contributed by atoms with van der Waals surface area (Å²) in [5, 5.41) is 3.08. The van der Waals surface area contributed by atoms with Gasteiger partial charge in [0.1, 0.15) is 0 Å². The topological polar surface area (TPSA) is 29.1 Å². The molecule has 2 saturated carbocycles. The third-order valence-corrected chi connectivity index (χ3v) is 3.28. The van der Waals surface area contributed by atoms with Crippen LogP contribution in [0.1, 0.15) is 30.7 Å². The first-order chi connectivity index (χ1) is 7.34. The lowest BCUT2D eigenvalue weighted by molar-refractivity contribution is -0.122. The molecule has 0 spiro atoms. The Bertz CT molecular complexity index is 369. The van der Waals surface area contributed by atoms with Gasteiger partial charge in [-0.05, 0) is 30.7 Å². The number of rotatable bonds is 3. The van der Waals surface area contributed by atoms with Gasteiger partial charge in [0.05, 0.1) is 0 Å². The number of amides is 1. The molecule has 78 valence electrons. The highest BCUT2D eigenvalue weighted by Crippen LogP contribution is 2.47. The van der Waals surface area contributed by atoms with Crippen LogP contribution in [0.3, 0.4) is 0 Å². The molecule has 0 saturated heterocycles. The summed E-state index contributed by atoms with van der Waals surface area (Å²) in [6.45, 7) is 0. The molecule has 15 heavy (non-hydrogen) atoms. The van der Waals surface area contributed by atoms with E-state index in [1.54, 1.807) is 0 Å². The second kappa shape index (κ2) is 3.37. The Hall–Kier alpha value is -1.31. The fourth-order valence-corrected chi connectivity index (χ4v) is 2.09. The van der Waals surface area contributed by atoms with Crippen LogP contribution in [0.15, 0.2) is 30.3 Å². The molecule has 3 rings (SSSR count). The van der Waals surface area contributed by atoms with E-state index in [0.29, 0.717) is 12.0 Å². The van der Waals surface area contributed by atoms with Gasteiger partial charge in [-0.1, -0.05) is 30.3 Å². The van der Waals surface area contributed by atoms with E-state index in [1.807, 2.05) is 18.2 Å². The summed E-state index contributed by atoms with van der Waals surface area (Å²) >= 11 is 0. The zero-order chi connectivity index (χ0) is 10.3. The predicted octanol–water partition coefficient (Wildman–Crippen LogP) is 2.07. The Kier molecular flexibility index (Phi) is 2.01. The van der Waals surface area contributed by atoms with Crippen LogP contribution in [0.4, 0.5) is 0 Å². The summed E-state index contributed by atoms with van der Waals surface area (Å²) < 4.78 is 0. The minimum absolute atomic E-state index is 0.244. The van der Waals surface area contributed by atoms with Gasteiger partial charge in [0.15, 0.2) is 0 Å². The van der Waals surface area contributed by atoms with Crippen molar-refractivity contribution >= 4 is 5.91 Å². The number of hydrogen-bond acceptors (Lipinski definition) is 1. The first-order valence-corrected chi connectivity index (χ1v) is 5.70. The summed E-state index contributed by atoms with van der Waals surface area (Å²) in [4.78, 5) is 11.7. The Morgan fingerprint density at radius 3 is 2.60 bits per heavy atom. The first-order valence-electron chi connectivity index (χ1n) is 5.70. The average Bonchev–Trinajstić information content (AvgIpc) is 3.13. The SMILES string of the molecule is O=C(NC1CC1)C1CC1c1ccccc1. The van der Waals surface area contributed by atoms with Crippen LogP contribution in [0.2, 0.25) is 0 Å². The number of carbonyl (C=O) groups is 1. The normalized spacial score (nSPS) is 28.5. The molecule has 2 unspecified atom stereocenters. The van der Waals surface area contributed by atoms with Gasteiger partial charge in [0, 0.05) is 12.0 Å². The largest absolute Gasteiger partial charge is 0.353 e. The quantitative estimate of drug-likeness (QED) is 0.797. The maximum absolute atomic E-state index is 11.7. The minimum Gasteiger partial charge on any atom is -0.353 e. The van der Waals surface area contributed by atoms with Crippen molar-refractivity contribution in [3.05, 3.63) is 35.9 Å². The molecular formula is C13H15NO. The summed E-state index contributed by atoms with van der Waals surface area (Å²) in [5.41, 5.74) is 1.31. The lowest BCUT2D eigenvalue weighted by atomic mass is 10.1. The summed E-state index contributed by atoms with van der Waals surface area (Å²) in [6, 6.07) is 10.8. The van der Waals surface area contributed by atoms with Crippen molar-refractivity contribution in [2.75, 3.05) is 0 Å². The molecule has 2 aliphatic rings. The maximum Gasteiger partial charge on any atom is 0.223 e. The molecule has 0 aromatic heterocycles. The van der Waals surface area contributed by atoms with E-state index in [0.717, 1.165) is 6.42 Å². The van der Waals surface area contributed by atoms with E-state index in [-0.39, 0.29) is 11.8 Å². The van der Waals surface area contributed by atoms with Crippen LogP contribution in [-0.2, 0) is 4.79 Å². The summed E-state index contributed by atoms with van der Waals surface area (Å²) in [7, 11) is 0. The van der Waals surface area contributed by atoms with E-state index in [9.17, 15) is 4.79 Å². The van der Waals surface area contributed by atoms with Crippen LogP contribution < -0.4 is 5.32 Å². The molecule has 1 aromatic carbocycles. The zero-order valence-corrected chi connectivity index (χ0v) is 8.65. The molecule has 0 aliphatic heterocycles. The number of carbonyl (C=O) groups excluding carboxylic acids is 1. The fourth-order valence-electron chi connectivity index (χ4n) is 2.09. The molecular weight excluding hydrogens is 186 g/mol. The average molecular weight is 201 g/mol. The van der Waals surface area contributed by atoms with Crippen LogP contribution in [0.25, 0.3) is 0 Å². The molecule has 2 nitrogen and oxygen atoms in total. The van der Waals surface area contributed by atoms with Gasteiger partial charge in [0.2, 0.25) is 5.91 Å². The van der Waals surface area contributed by atoms with E-state index in [1.165, 1.54) is 18.4 Å². The third kappa shape index (κ3) is 1.89. The summed E-state index contributed by atoms with van der Waals surface area (Å²) in [6.07, 6.45) is 3.38. The van der Waals surface area contributed by atoms with Crippen molar-refractivity contribution in [3.63, 3.8) is 0 Å². The van der Waals surface area contributed by atoms with Crippen LogP contribution >= 0.6 is 0 Å². The fraction of sp³-hybridized carbons (Fsp3) is 0.462. The van der Waals surface area contributed by atoms with Gasteiger partial charge in [-0.2, -0.15) is 0 Å². The lowest BCUT2D eigenvalue weighted by Crippen LogP contribution is -2.27. The maximum atomic E-state index is 11.7. The molecule has 0 heterocycles. The van der Waals surface area contributed by atoms with Crippen LogP contribution in [-0.4, -0.2) is 11.9 Å². The van der Waals surface area contributed by atoms with Gasteiger partial charge in [-0.25, -0.2) is 0 Å². The molecule has 2 fully saturated rings. The molecule has 1 amide bonds. The third-order valence-electron chi connectivity index (χ3n) is 3.28. The summed E-state index contributed by atoms with van der Waals surface area (Å²) in [5.74, 6) is 0.990. The molecule has 0 bridgehead atoms. The first kappa shape index (κ1) is 8.96. The Morgan fingerprint density at radius 2 is 1.93 bits per heavy atom. The van der Waals surface area contributed by atoms with Crippen LogP contribution in [0.5, 0.6) is 0 Å². The molecule has 1 aromatic rings. The van der Waals surface area contributed by atoms with Gasteiger partial charge < -0.3 is 5.32 Å². The van der Waals surface area contributed by atoms with Crippen LogP contribution in [0, 0.1) is 5.92 Å². The molecule has 2 atom stereocenters. The Morgan fingerprint density at radius 1 is 1.20 bits per heavy atom. The molecule has 0 radical (unpaired) electrons. The highest BCUT2D eigenvalue weighted by molar-refractivity contribution is 5.83. The zero-order valence-electron chi connectivity index (χ0n) is 8.65. The van der Waals surface area contributed by atoms with E-state index >= 15 is 0 Å². The highest BCUT2D eigenvalue weighted by Gasteiger charge is 2.44. The standard InChI is InChI=1S/C13H15NO/c15-13(14-10-6-7-10)12-8-11(12)9-4-2-1-3-5-9/h1-5,10-12H,6-8H2,(H,14,15). The number of nitrogens with one attached hydrogen (secondary N) is 1. The van der Waals surface area contributed by atoms with Crippen molar-refractivity contribution in [1.29, 1.82) is 0 Å². The Balaban J connectivity index is 1.61. The molecule has 1 N–H and O–H groups in total. The van der Waals surface area contributed by atoms with Gasteiger partial charge in [-0.15, -0.1) is 0 Å². The van der Waals surface area contributed by atoms with E-state index < -0.39 is 0 Å². The number of hydrogen-bond donors (Lipinski definition) is 1. The second-order valence-electron chi connectivity index (χ2n) is 4.64. The Labute approximate surface area is 89.7 Å². The number of benzene rings is 1. The molecule has 2 aliphatic carbocycles. The van der Waals surface area contributed by atoms with E-state index in [2.05, 4.69) is 17.4 Å². The smallest absolute Gasteiger partial charge is 0.223 e. The van der Waals surface area contributed by atoms with Gasteiger partial charge in [0.25, 0.3) is 0 Å². The monoisotopic (exact) mass is 201 g/mol. The van der Waals surface area contributed by atoms with Crippen molar-refractivity contribution in [2.45, 2.75) is 31.2 Å². The van der Waals surface area contributed by atoms with Gasteiger partial charge in [-0.3, -0.25) is 4.79 Å². The van der Waals surface area contributed by atoms with Crippen molar-refractivity contribution in [3.8, 4) is 0 Å². The predicted molar refractivity (Wildman–Crippen MR) is 58.5 cm³/mol. The highest BCUT2D eigenvalue weighted by atomic mass is 16.2. The second-order valence-corrected chi connectivity index (χ2v) is 4.64. The van der Waals surface area contributed by atoms with Crippen molar-refractivity contribution in [1.82, 2.24) is 5.32 Å². The minimum atomic E-state index is 0.244. The molecule has 2 heteroatoms. The van der Waals surface area contributed by atoms with Gasteiger partial charge >= 0.3 is 0 Å². The van der Waals surface area contributed by atoms with Crippen molar-refractivity contribution in [2.24, 2.45) is 5.92 Å². The lowest BCUT2D eigenvalue weighted by Gasteiger charge is -2.02. The van der Waals surface area contributed by atoms with E-state index in [4.69, 9.17) is 0 Å². The van der Waals surface area contributed by atoms with Crippen molar-refractivity contribution < 1.29 is 4.79 Å².